The van der Waals surface area contributed by atoms with Crippen LogP contribution in [0, 0.1) is 0 Å². The Balaban J connectivity index is 1.89. The number of hydrogen-bond donors (Lipinski definition) is 1. The maximum absolute atomic E-state index is 11.8. The van der Waals surface area contributed by atoms with Crippen molar-refractivity contribution in [3.8, 4) is 0 Å². The van der Waals surface area contributed by atoms with E-state index in [-0.39, 0.29) is 5.91 Å². The van der Waals surface area contributed by atoms with Crippen molar-refractivity contribution in [3.05, 3.63) is 65.7 Å². The highest BCUT2D eigenvalue weighted by molar-refractivity contribution is 7.98. The van der Waals surface area contributed by atoms with E-state index in [4.69, 9.17) is 5.73 Å². The summed E-state index contributed by atoms with van der Waals surface area (Å²) in [6.07, 6.45) is 0. The number of hydrogen-bond acceptors (Lipinski definition) is 3. The van der Waals surface area contributed by atoms with E-state index in [9.17, 15) is 4.79 Å². The number of nitrogens with zero attached hydrogens (tertiary/aromatic N) is 1. The van der Waals surface area contributed by atoms with Crippen LogP contribution in [0.4, 0.5) is 0 Å². The van der Waals surface area contributed by atoms with Crippen molar-refractivity contribution in [1.29, 1.82) is 0 Å². The highest BCUT2D eigenvalue weighted by Gasteiger charge is 2.13. The van der Waals surface area contributed by atoms with Crippen molar-refractivity contribution < 1.29 is 4.79 Å². The minimum atomic E-state index is -0.453. The lowest BCUT2D eigenvalue weighted by Crippen LogP contribution is -2.39. The van der Waals surface area contributed by atoms with Gasteiger partial charge in [0.25, 0.3) is 0 Å². The summed E-state index contributed by atoms with van der Waals surface area (Å²) in [6.45, 7) is 2.30. The molecule has 2 aromatic rings. The summed E-state index contributed by atoms with van der Waals surface area (Å²) < 4.78 is 0. The lowest BCUT2D eigenvalue weighted by Gasteiger charge is -2.19. The van der Waals surface area contributed by atoms with Crippen LogP contribution < -0.4 is 5.73 Å². The van der Waals surface area contributed by atoms with Gasteiger partial charge in [0.2, 0.25) is 5.91 Å². The first kappa shape index (κ1) is 16.6. The smallest absolute Gasteiger partial charge is 0.239 e. The minimum absolute atomic E-state index is 0.0393. The van der Waals surface area contributed by atoms with Crippen LogP contribution in [0.2, 0.25) is 0 Å². The molecule has 0 aliphatic rings. The molecule has 3 nitrogen and oxygen atoms in total. The Labute approximate surface area is 136 Å². The maximum Gasteiger partial charge on any atom is 0.239 e. The van der Waals surface area contributed by atoms with Crippen LogP contribution in [-0.2, 0) is 17.1 Å². The van der Waals surface area contributed by atoms with E-state index in [1.165, 1.54) is 10.5 Å². The number of thioether (sulfide) groups is 1. The number of carbonyl (C=O) groups excluding carboxylic acids is 1. The van der Waals surface area contributed by atoms with Gasteiger partial charge in [-0.15, -0.1) is 11.8 Å². The fraction of sp³-hybridized carbons (Fsp3) is 0.278. The molecule has 116 valence electrons. The first-order valence-corrected chi connectivity index (χ1v) is 8.31. The van der Waals surface area contributed by atoms with E-state index in [1.807, 2.05) is 17.8 Å². The molecule has 0 saturated heterocycles. The van der Waals surface area contributed by atoms with Gasteiger partial charge in [-0.25, -0.2) is 0 Å². The van der Waals surface area contributed by atoms with E-state index in [0.717, 1.165) is 11.3 Å². The van der Waals surface area contributed by atoms with Gasteiger partial charge < -0.3 is 10.6 Å². The van der Waals surface area contributed by atoms with E-state index in [0.29, 0.717) is 6.54 Å². The lowest BCUT2D eigenvalue weighted by molar-refractivity contribution is -0.131. The molecule has 22 heavy (non-hydrogen) atoms. The van der Waals surface area contributed by atoms with Crippen molar-refractivity contribution >= 4 is 17.7 Å². The average molecular weight is 314 g/mol. The highest BCUT2D eigenvalue weighted by atomic mass is 32.2. The molecule has 0 aromatic heterocycles. The third-order valence-corrected chi connectivity index (χ3v) is 4.44. The van der Waals surface area contributed by atoms with Gasteiger partial charge in [-0.2, -0.15) is 0 Å². The van der Waals surface area contributed by atoms with Crippen molar-refractivity contribution in [2.75, 3.05) is 7.05 Å². The summed E-state index contributed by atoms with van der Waals surface area (Å²) in [5.74, 6) is 0.922. The van der Waals surface area contributed by atoms with Crippen LogP contribution in [0.5, 0.6) is 0 Å². The van der Waals surface area contributed by atoms with Gasteiger partial charge in [0, 0.05) is 24.2 Å². The number of carbonyl (C=O) groups is 1. The molecule has 0 aliphatic carbocycles. The Hall–Kier alpha value is -1.78. The van der Waals surface area contributed by atoms with Gasteiger partial charge in [-0.05, 0) is 30.2 Å². The molecule has 1 atom stereocenters. The Morgan fingerprint density at radius 2 is 1.73 bits per heavy atom. The average Bonchev–Trinajstić information content (AvgIpc) is 2.54. The fourth-order valence-corrected chi connectivity index (χ4v) is 2.99. The van der Waals surface area contributed by atoms with Crippen LogP contribution in [0.3, 0.4) is 0 Å². The van der Waals surface area contributed by atoms with Crippen molar-refractivity contribution in [2.24, 2.45) is 5.73 Å². The number of benzene rings is 2. The first-order valence-electron chi connectivity index (χ1n) is 7.32. The molecule has 1 amide bonds. The predicted octanol–water partition coefficient (Wildman–Crippen LogP) is 3.28. The second-order valence-corrected chi connectivity index (χ2v) is 6.45. The van der Waals surface area contributed by atoms with Crippen LogP contribution in [0.1, 0.15) is 18.1 Å². The second-order valence-electron chi connectivity index (χ2n) is 5.40. The molecule has 0 spiro atoms. The normalized spacial score (nSPS) is 12.0. The molecule has 1 unspecified atom stereocenters. The van der Waals surface area contributed by atoms with Gasteiger partial charge in [0.1, 0.15) is 0 Å². The maximum atomic E-state index is 11.8. The van der Waals surface area contributed by atoms with E-state index >= 15 is 0 Å². The number of nitrogens with two attached hydrogens (primary N) is 1. The van der Waals surface area contributed by atoms with E-state index < -0.39 is 6.04 Å². The Morgan fingerprint density at radius 3 is 2.32 bits per heavy atom. The van der Waals surface area contributed by atoms with Crippen molar-refractivity contribution in [2.45, 2.75) is 30.2 Å². The molecule has 0 aliphatic heterocycles. The van der Waals surface area contributed by atoms with Gasteiger partial charge in [-0.3, -0.25) is 4.79 Å². The molecule has 0 heterocycles. The number of amides is 1. The second kappa shape index (κ2) is 8.01. The molecule has 2 rings (SSSR count). The lowest BCUT2D eigenvalue weighted by atomic mass is 10.2. The summed E-state index contributed by atoms with van der Waals surface area (Å²) in [6, 6.07) is 18.3. The van der Waals surface area contributed by atoms with Crippen LogP contribution in [0.25, 0.3) is 0 Å². The topological polar surface area (TPSA) is 46.3 Å². The number of likely N-dealkylation sites (N-methyl/N-ethyl adjacent to an activating group) is 1. The summed E-state index contributed by atoms with van der Waals surface area (Å²) >= 11 is 1.81. The molecule has 2 aromatic carbocycles. The van der Waals surface area contributed by atoms with E-state index in [1.54, 1.807) is 18.9 Å². The minimum Gasteiger partial charge on any atom is -0.340 e. The summed E-state index contributed by atoms with van der Waals surface area (Å²) in [4.78, 5) is 14.7. The largest absolute Gasteiger partial charge is 0.340 e. The zero-order chi connectivity index (χ0) is 15.9. The Kier molecular flexibility index (Phi) is 6.04. The Bertz CT molecular complexity index is 596. The highest BCUT2D eigenvalue weighted by Crippen LogP contribution is 2.23. The molecular formula is C18H22N2OS. The molecule has 2 N–H and O–H groups in total. The van der Waals surface area contributed by atoms with Gasteiger partial charge in [0.15, 0.2) is 0 Å². The molecule has 4 heteroatoms. The summed E-state index contributed by atoms with van der Waals surface area (Å²) in [7, 11) is 1.78. The quantitative estimate of drug-likeness (QED) is 0.832. The number of rotatable bonds is 6. The molecular weight excluding hydrogens is 292 g/mol. The SMILES string of the molecule is CC(N)C(=O)N(C)Cc1ccc(SCc2ccccc2)cc1. The van der Waals surface area contributed by atoms with Gasteiger partial charge >= 0.3 is 0 Å². The molecule has 0 saturated carbocycles. The van der Waals surface area contributed by atoms with Crippen molar-refractivity contribution in [3.63, 3.8) is 0 Å². The Morgan fingerprint density at radius 1 is 1.09 bits per heavy atom. The monoisotopic (exact) mass is 314 g/mol. The van der Waals surface area contributed by atoms with Gasteiger partial charge in [-0.1, -0.05) is 42.5 Å². The third kappa shape index (κ3) is 4.90. The molecule has 0 radical (unpaired) electrons. The van der Waals surface area contributed by atoms with Crippen molar-refractivity contribution in [1.82, 2.24) is 4.90 Å². The van der Waals surface area contributed by atoms with Gasteiger partial charge in [0.05, 0.1) is 6.04 Å². The van der Waals surface area contributed by atoms with Crippen LogP contribution >= 0.6 is 11.8 Å². The zero-order valence-electron chi connectivity index (χ0n) is 13.0. The molecule has 0 fully saturated rings. The van der Waals surface area contributed by atoms with E-state index in [2.05, 4.69) is 48.5 Å². The third-order valence-electron chi connectivity index (χ3n) is 3.36. The molecule has 0 bridgehead atoms. The van der Waals surface area contributed by atoms with Crippen LogP contribution in [-0.4, -0.2) is 23.9 Å². The zero-order valence-corrected chi connectivity index (χ0v) is 13.8. The summed E-state index contributed by atoms with van der Waals surface area (Å²) in [5.41, 5.74) is 8.04. The first-order chi connectivity index (χ1) is 10.6. The summed E-state index contributed by atoms with van der Waals surface area (Å²) in [5, 5.41) is 0. The standard InChI is InChI=1S/C18H22N2OS/c1-14(19)18(21)20(2)12-15-8-10-17(11-9-15)22-13-16-6-4-3-5-7-16/h3-11,14H,12-13,19H2,1-2H3. The predicted molar refractivity (Wildman–Crippen MR) is 92.6 cm³/mol. The fourth-order valence-electron chi connectivity index (χ4n) is 2.13. The van der Waals surface area contributed by atoms with Crippen LogP contribution in [0.15, 0.2) is 59.5 Å².